The maximum atomic E-state index is 13.6. The fourth-order valence-electron chi connectivity index (χ4n) is 3.87. The number of nitrogen functional groups attached to an aromatic ring is 1. The summed E-state index contributed by atoms with van der Waals surface area (Å²) in [5, 5.41) is 19.7. The maximum Gasteiger partial charge on any atom is 0.341 e. The number of aliphatic hydroxyl groups is 1. The van der Waals surface area contributed by atoms with Gasteiger partial charge in [-0.3, -0.25) is 4.98 Å². The summed E-state index contributed by atoms with van der Waals surface area (Å²) >= 11 is 0. The molecule has 0 bridgehead atoms. The van der Waals surface area contributed by atoms with Crippen LogP contribution in [0.4, 0.5) is 19.1 Å². The summed E-state index contributed by atoms with van der Waals surface area (Å²) in [5.74, 6) is -2.01. The molecule has 3 heterocycles. The van der Waals surface area contributed by atoms with Crippen molar-refractivity contribution in [2.24, 2.45) is 7.05 Å². The van der Waals surface area contributed by atoms with Crippen LogP contribution in [0.3, 0.4) is 0 Å². The molecule has 0 aliphatic heterocycles. The zero-order chi connectivity index (χ0) is 27.8. The molecule has 1 aromatic carbocycles. The predicted octanol–water partition coefficient (Wildman–Crippen LogP) is 3.78. The second-order valence-corrected chi connectivity index (χ2v) is 8.62. The lowest BCUT2D eigenvalue weighted by molar-refractivity contribution is -0.158. The number of hydrogen-bond donors (Lipinski definition) is 3. The standard InChI is InChI=1S/C25H23F3N6O4/c1-12-8-14(9-16(31-12)21(27)28)19-20(13-4-6-15(26)7-5-13)32-24(29)33-22(19)38-11-18-30-10-17(34(18)3)25(2,37)23(35)36/h4-10,21,37H,11H2,1-3H3,(H,35,36)(H2,29,32,33). The zero-order valence-corrected chi connectivity index (χ0v) is 20.5. The first-order valence-electron chi connectivity index (χ1n) is 11.2. The van der Waals surface area contributed by atoms with Crippen LogP contribution in [0, 0.1) is 12.7 Å². The van der Waals surface area contributed by atoms with Gasteiger partial charge in [0.15, 0.2) is 0 Å². The van der Waals surface area contributed by atoms with E-state index >= 15 is 0 Å². The number of benzene rings is 1. The van der Waals surface area contributed by atoms with Gasteiger partial charge in [0, 0.05) is 18.3 Å². The normalized spacial score (nSPS) is 12.9. The number of carbonyl (C=O) groups is 1. The average Bonchev–Trinajstić information content (AvgIpc) is 3.23. The first-order chi connectivity index (χ1) is 17.9. The van der Waals surface area contributed by atoms with Gasteiger partial charge in [-0.1, -0.05) is 0 Å². The van der Waals surface area contributed by atoms with Crippen LogP contribution in [-0.4, -0.2) is 40.7 Å². The van der Waals surface area contributed by atoms with Gasteiger partial charge in [0.1, 0.15) is 23.9 Å². The lowest BCUT2D eigenvalue weighted by atomic mass is 9.99. The van der Waals surface area contributed by atoms with Crippen LogP contribution >= 0.6 is 0 Å². The maximum absolute atomic E-state index is 13.6. The number of hydrogen-bond acceptors (Lipinski definition) is 8. The van der Waals surface area contributed by atoms with Gasteiger partial charge in [-0.15, -0.1) is 0 Å². The van der Waals surface area contributed by atoms with Crippen LogP contribution in [0.2, 0.25) is 0 Å². The van der Waals surface area contributed by atoms with Gasteiger partial charge in [0.2, 0.25) is 17.4 Å². The van der Waals surface area contributed by atoms with E-state index in [-0.39, 0.29) is 46.8 Å². The van der Waals surface area contributed by atoms with E-state index in [9.17, 15) is 28.2 Å². The minimum Gasteiger partial charge on any atom is -0.479 e. The van der Waals surface area contributed by atoms with Gasteiger partial charge < -0.3 is 25.3 Å². The van der Waals surface area contributed by atoms with Crippen LogP contribution in [-0.2, 0) is 24.1 Å². The third kappa shape index (κ3) is 5.13. The molecule has 0 aliphatic rings. The molecule has 198 valence electrons. The smallest absolute Gasteiger partial charge is 0.341 e. The lowest BCUT2D eigenvalue weighted by Gasteiger charge is -2.19. The highest BCUT2D eigenvalue weighted by molar-refractivity contribution is 5.85. The molecule has 13 heteroatoms. The molecule has 3 aromatic heterocycles. The van der Waals surface area contributed by atoms with E-state index in [1.54, 1.807) is 13.0 Å². The molecule has 38 heavy (non-hydrogen) atoms. The van der Waals surface area contributed by atoms with E-state index in [0.717, 1.165) is 6.92 Å². The number of ether oxygens (including phenoxy) is 1. The van der Waals surface area contributed by atoms with E-state index in [1.807, 2.05) is 0 Å². The molecule has 0 fully saturated rings. The number of nitrogens with two attached hydrogens (primary N) is 1. The number of rotatable bonds is 8. The predicted molar refractivity (Wildman–Crippen MR) is 130 cm³/mol. The molecule has 1 unspecified atom stereocenters. The van der Waals surface area contributed by atoms with Crippen molar-refractivity contribution in [3.05, 3.63) is 71.3 Å². The summed E-state index contributed by atoms with van der Waals surface area (Å²) < 4.78 is 48.1. The molecule has 0 aliphatic carbocycles. The highest BCUT2D eigenvalue weighted by Gasteiger charge is 2.36. The van der Waals surface area contributed by atoms with Gasteiger partial charge in [0.25, 0.3) is 6.43 Å². The molecular formula is C25H23F3N6O4. The second kappa shape index (κ2) is 10.1. The summed E-state index contributed by atoms with van der Waals surface area (Å²) in [7, 11) is 1.50. The molecule has 4 rings (SSSR count). The van der Waals surface area contributed by atoms with E-state index in [0.29, 0.717) is 11.3 Å². The lowest BCUT2D eigenvalue weighted by Crippen LogP contribution is -2.34. The third-order valence-corrected chi connectivity index (χ3v) is 5.83. The van der Waals surface area contributed by atoms with Crippen molar-refractivity contribution in [2.45, 2.75) is 32.5 Å². The van der Waals surface area contributed by atoms with Gasteiger partial charge in [-0.05, 0) is 55.8 Å². The number of aromatic nitrogens is 5. The number of aryl methyl sites for hydroxylation is 1. The SMILES string of the molecule is Cc1cc(-c2c(OCc3ncc(C(C)(O)C(=O)O)n3C)nc(N)nc2-c2ccc(F)cc2)cc(C(F)F)n1. The minimum atomic E-state index is -2.85. The zero-order valence-electron chi connectivity index (χ0n) is 20.5. The van der Waals surface area contributed by atoms with Crippen LogP contribution in [0.25, 0.3) is 22.4 Å². The molecule has 1 atom stereocenters. The number of pyridine rings is 1. The van der Waals surface area contributed by atoms with Crippen LogP contribution in [0.1, 0.15) is 36.3 Å². The van der Waals surface area contributed by atoms with Crippen molar-refractivity contribution in [1.29, 1.82) is 0 Å². The van der Waals surface area contributed by atoms with E-state index < -0.39 is 29.5 Å². The number of anilines is 1. The number of carboxylic acids is 1. The fourth-order valence-corrected chi connectivity index (χ4v) is 3.87. The topological polar surface area (TPSA) is 149 Å². The van der Waals surface area contributed by atoms with E-state index in [2.05, 4.69) is 19.9 Å². The number of imidazole rings is 1. The molecule has 0 saturated carbocycles. The Bertz CT molecular complexity index is 1510. The van der Waals surface area contributed by atoms with Crippen molar-refractivity contribution < 1.29 is 32.9 Å². The monoisotopic (exact) mass is 528 g/mol. The molecule has 0 saturated heterocycles. The fraction of sp³-hybridized carbons (Fsp3) is 0.240. The molecule has 0 spiro atoms. The summed E-state index contributed by atoms with van der Waals surface area (Å²) in [4.78, 5) is 27.9. The third-order valence-electron chi connectivity index (χ3n) is 5.83. The first-order valence-corrected chi connectivity index (χ1v) is 11.2. The highest BCUT2D eigenvalue weighted by atomic mass is 19.3. The van der Waals surface area contributed by atoms with Crippen molar-refractivity contribution in [2.75, 3.05) is 5.73 Å². The number of alkyl halides is 2. The molecule has 10 nitrogen and oxygen atoms in total. The van der Waals surface area contributed by atoms with Crippen LogP contribution < -0.4 is 10.5 Å². The Balaban J connectivity index is 1.84. The summed E-state index contributed by atoms with van der Waals surface area (Å²) in [6, 6.07) is 8.05. The van der Waals surface area contributed by atoms with Crippen molar-refractivity contribution in [3.8, 4) is 28.3 Å². The second-order valence-electron chi connectivity index (χ2n) is 8.62. The van der Waals surface area contributed by atoms with E-state index in [4.69, 9.17) is 10.5 Å². The number of aliphatic carboxylic acids is 1. The number of carboxylic acid groups (broad SMARTS) is 1. The Kier molecular flexibility index (Phi) is 7.05. The minimum absolute atomic E-state index is 0.00404. The Morgan fingerprint density at radius 1 is 1.16 bits per heavy atom. The summed E-state index contributed by atoms with van der Waals surface area (Å²) in [5.41, 5.74) is 4.65. The molecule has 4 aromatic rings. The van der Waals surface area contributed by atoms with Gasteiger partial charge in [-0.25, -0.2) is 27.9 Å². The van der Waals surface area contributed by atoms with Crippen molar-refractivity contribution >= 4 is 11.9 Å². The quantitative estimate of drug-likeness (QED) is 0.311. The van der Waals surface area contributed by atoms with Gasteiger partial charge >= 0.3 is 5.97 Å². The van der Waals surface area contributed by atoms with Gasteiger partial charge in [0.05, 0.1) is 23.1 Å². The Hall–Kier alpha value is -4.52. The van der Waals surface area contributed by atoms with Crippen molar-refractivity contribution in [3.63, 3.8) is 0 Å². The van der Waals surface area contributed by atoms with Crippen molar-refractivity contribution in [1.82, 2.24) is 24.5 Å². The number of nitrogens with zero attached hydrogens (tertiary/aromatic N) is 5. The Morgan fingerprint density at radius 3 is 2.47 bits per heavy atom. The summed E-state index contributed by atoms with van der Waals surface area (Å²) in [6.45, 7) is 2.40. The molecule has 0 amide bonds. The van der Waals surface area contributed by atoms with Crippen LogP contribution in [0.5, 0.6) is 5.88 Å². The molecule has 4 N–H and O–H groups in total. The average molecular weight is 528 g/mol. The van der Waals surface area contributed by atoms with Gasteiger partial charge in [-0.2, -0.15) is 4.98 Å². The summed E-state index contributed by atoms with van der Waals surface area (Å²) in [6.07, 6.45) is -1.65. The Morgan fingerprint density at radius 2 is 1.84 bits per heavy atom. The largest absolute Gasteiger partial charge is 0.479 e. The van der Waals surface area contributed by atoms with E-state index in [1.165, 1.54) is 48.1 Å². The Labute approximate surface area is 214 Å². The first kappa shape index (κ1) is 26.5. The van der Waals surface area contributed by atoms with Crippen LogP contribution in [0.15, 0.2) is 42.6 Å². The number of halogens is 3. The molecular weight excluding hydrogens is 505 g/mol. The highest BCUT2D eigenvalue weighted by Crippen LogP contribution is 2.39. The molecule has 0 radical (unpaired) electrons.